The van der Waals surface area contributed by atoms with Crippen LogP contribution in [-0.2, 0) is 4.74 Å². The van der Waals surface area contributed by atoms with E-state index in [1.165, 1.54) is 6.20 Å². The number of hydrogen-bond acceptors (Lipinski definition) is 6. The smallest absolute Gasteiger partial charge is 0.410 e. The van der Waals surface area contributed by atoms with E-state index in [-0.39, 0.29) is 23.5 Å². The zero-order chi connectivity index (χ0) is 17.2. The number of amides is 1. The number of nitrogens with one attached hydrogen (secondary N) is 1. The average molecular weight is 322 g/mol. The first-order valence-corrected chi connectivity index (χ1v) is 7.47. The van der Waals surface area contributed by atoms with Gasteiger partial charge < -0.3 is 20.1 Å². The summed E-state index contributed by atoms with van der Waals surface area (Å²) in [6.07, 6.45) is 1.62. The number of aromatic nitrogens is 2. The third-order valence-corrected chi connectivity index (χ3v) is 3.32. The minimum absolute atomic E-state index is 0.0197. The molecule has 0 aromatic carbocycles. The number of carboxylic acids is 1. The quantitative estimate of drug-likeness (QED) is 0.875. The Morgan fingerprint density at radius 2 is 2.13 bits per heavy atom. The van der Waals surface area contributed by atoms with Gasteiger partial charge in [-0.3, -0.25) is 0 Å². The number of anilines is 1. The van der Waals surface area contributed by atoms with E-state index in [9.17, 15) is 14.7 Å². The Morgan fingerprint density at radius 1 is 1.43 bits per heavy atom. The Morgan fingerprint density at radius 3 is 2.74 bits per heavy atom. The van der Waals surface area contributed by atoms with Crippen LogP contribution in [0, 0.1) is 6.92 Å². The van der Waals surface area contributed by atoms with Gasteiger partial charge in [0.1, 0.15) is 22.8 Å². The van der Waals surface area contributed by atoms with Crippen LogP contribution in [0.15, 0.2) is 6.20 Å². The predicted molar refractivity (Wildman–Crippen MR) is 83.6 cm³/mol. The Balaban J connectivity index is 2.02. The minimum atomic E-state index is -1.09. The molecular formula is C15H22N4O4. The Labute approximate surface area is 134 Å². The number of likely N-dealkylation sites (tertiary alicyclic amines) is 1. The zero-order valence-electron chi connectivity index (χ0n) is 13.8. The predicted octanol–water partition coefficient (Wildman–Crippen LogP) is 1.90. The number of ether oxygens (including phenoxy) is 1. The first kappa shape index (κ1) is 17.0. The van der Waals surface area contributed by atoms with E-state index in [0.29, 0.717) is 25.3 Å². The third-order valence-electron chi connectivity index (χ3n) is 3.32. The van der Waals surface area contributed by atoms with Crippen molar-refractivity contribution in [2.24, 2.45) is 0 Å². The molecule has 2 N–H and O–H groups in total. The summed E-state index contributed by atoms with van der Waals surface area (Å²) >= 11 is 0. The van der Waals surface area contributed by atoms with Crippen molar-refractivity contribution < 1.29 is 19.4 Å². The fourth-order valence-electron chi connectivity index (χ4n) is 2.30. The largest absolute Gasteiger partial charge is 0.477 e. The van der Waals surface area contributed by atoms with Crippen LogP contribution in [0.4, 0.5) is 10.6 Å². The monoisotopic (exact) mass is 322 g/mol. The highest BCUT2D eigenvalue weighted by molar-refractivity contribution is 5.92. The van der Waals surface area contributed by atoms with E-state index < -0.39 is 11.6 Å². The van der Waals surface area contributed by atoms with Gasteiger partial charge in [-0.2, -0.15) is 0 Å². The molecule has 0 radical (unpaired) electrons. The van der Waals surface area contributed by atoms with Crippen molar-refractivity contribution in [3.63, 3.8) is 0 Å². The number of carboxylic acid groups (broad SMARTS) is 1. The summed E-state index contributed by atoms with van der Waals surface area (Å²) in [5, 5.41) is 12.3. The van der Waals surface area contributed by atoms with Gasteiger partial charge >= 0.3 is 12.1 Å². The summed E-state index contributed by atoms with van der Waals surface area (Å²) < 4.78 is 5.34. The maximum absolute atomic E-state index is 12.0. The van der Waals surface area contributed by atoms with Crippen LogP contribution in [0.25, 0.3) is 0 Å². The van der Waals surface area contributed by atoms with Gasteiger partial charge in [0.15, 0.2) is 0 Å². The van der Waals surface area contributed by atoms with Crippen LogP contribution in [0.5, 0.6) is 0 Å². The fraction of sp³-hybridized carbons (Fsp3) is 0.600. The molecule has 8 nitrogen and oxygen atoms in total. The summed E-state index contributed by atoms with van der Waals surface area (Å²) in [5.74, 6) is -0.324. The molecule has 1 aliphatic rings. The molecule has 0 bridgehead atoms. The molecular weight excluding hydrogens is 300 g/mol. The summed E-state index contributed by atoms with van der Waals surface area (Å²) in [5.41, 5.74) is -0.519. The molecule has 1 saturated heterocycles. The van der Waals surface area contributed by atoms with E-state index in [4.69, 9.17) is 4.74 Å². The molecule has 1 aromatic heterocycles. The topological polar surface area (TPSA) is 105 Å². The summed E-state index contributed by atoms with van der Waals surface area (Å²) in [6, 6.07) is -0.0741. The number of aromatic carboxylic acids is 1. The second-order valence-electron chi connectivity index (χ2n) is 6.54. The number of aryl methyl sites for hydroxylation is 1. The Kier molecular flexibility index (Phi) is 4.72. The van der Waals surface area contributed by atoms with Crippen LogP contribution in [0.3, 0.4) is 0 Å². The molecule has 0 unspecified atom stereocenters. The molecule has 0 saturated carbocycles. The lowest BCUT2D eigenvalue weighted by Crippen LogP contribution is -2.36. The lowest BCUT2D eigenvalue weighted by atomic mass is 10.2. The number of rotatable bonds is 3. The van der Waals surface area contributed by atoms with Crippen molar-refractivity contribution in [3.05, 3.63) is 17.6 Å². The van der Waals surface area contributed by atoms with Gasteiger partial charge in [0.25, 0.3) is 0 Å². The van der Waals surface area contributed by atoms with Gasteiger partial charge in [0, 0.05) is 25.3 Å². The molecule has 126 valence electrons. The third kappa shape index (κ3) is 4.54. The highest BCUT2D eigenvalue weighted by Crippen LogP contribution is 2.20. The number of hydrogen-bond donors (Lipinski definition) is 2. The summed E-state index contributed by atoms with van der Waals surface area (Å²) in [7, 11) is 0. The molecule has 2 heterocycles. The first-order valence-electron chi connectivity index (χ1n) is 7.47. The molecule has 0 spiro atoms. The van der Waals surface area contributed by atoms with Crippen LogP contribution < -0.4 is 5.32 Å². The van der Waals surface area contributed by atoms with Gasteiger partial charge in [-0.05, 0) is 34.1 Å². The van der Waals surface area contributed by atoms with Gasteiger partial charge in [-0.1, -0.05) is 0 Å². The standard InChI is InChI=1S/C15H22N4O4/c1-9-16-7-11(13(20)21)12(17-9)18-10-5-6-19(8-10)14(22)23-15(2,3)4/h7,10H,5-6,8H2,1-4H3,(H,20,21)(H,16,17,18)/t10-/m0/s1. The van der Waals surface area contributed by atoms with E-state index in [1.54, 1.807) is 11.8 Å². The Bertz CT molecular complexity index is 612. The van der Waals surface area contributed by atoms with E-state index in [2.05, 4.69) is 15.3 Å². The van der Waals surface area contributed by atoms with Crippen molar-refractivity contribution >= 4 is 17.9 Å². The molecule has 1 aliphatic heterocycles. The zero-order valence-corrected chi connectivity index (χ0v) is 13.8. The minimum Gasteiger partial charge on any atom is -0.477 e. The summed E-state index contributed by atoms with van der Waals surface area (Å²) in [6.45, 7) is 8.15. The van der Waals surface area contributed by atoms with E-state index in [0.717, 1.165) is 0 Å². The number of carbonyl (C=O) groups excluding carboxylic acids is 1. The van der Waals surface area contributed by atoms with Crippen molar-refractivity contribution in [3.8, 4) is 0 Å². The van der Waals surface area contributed by atoms with E-state index >= 15 is 0 Å². The van der Waals surface area contributed by atoms with Gasteiger partial charge in [0.05, 0.1) is 0 Å². The van der Waals surface area contributed by atoms with Crippen LogP contribution in [0.2, 0.25) is 0 Å². The molecule has 23 heavy (non-hydrogen) atoms. The van der Waals surface area contributed by atoms with Crippen molar-refractivity contribution in [2.75, 3.05) is 18.4 Å². The molecule has 1 fully saturated rings. The van der Waals surface area contributed by atoms with Gasteiger partial charge in [-0.15, -0.1) is 0 Å². The van der Waals surface area contributed by atoms with Crippen LogP contribution >= 0.6 is 0 Å². The Hall–Kier alpha value is -2.38. The first-order chi connectivity index (χ1) is 10.7. The summed E-state index contributed by atoms with van der Waals surface area (Å²) in [4.78, 5) is 32.9. The lowest BCUT2D eigenvalue weighted by molar-refractivity contribution is 0.0293. The fourth-order valence-corrected chi connectivity index (χ4v) is 2.30. The number of carbonyl (C=O) groups is 2. The highest BCUT2D eigenvalue weighted by Gasteiger charge is 2.30. The van der Waals surface area contributed by atoms with Gasteiger partial charge in [0.2, 0.25) is 0 Å². The second-order valence-corrected chi connectivity index (χ2v) is 6.54. The maximum Gasteiger partial charge on any atom is 0.410 e. The molecule has 8 heteroatoms. The highest BCUT2D eigenvalue weighted by atomic mass is 16.6. The molecule has 2 rings (SSSR count). The molecule has 1 aromatic rings. The van der Waals surface area contributed by atoms with Crippen molar-refractivity contribution in [2.45, 2.75) is 45.8 Å². The lowest BCUT2D eigenvalue weighted by Gasteiger charge is -2.24. The average Bonchev–Trinajstić information content (AvgIpc) is 2.85. The normalized spacial score (nSPS) is 17.9. The maximum atomic E-state index is 12.0. The van der Waals surface area contributed by atoms with Gasteiger partial charge in [-0.25, -0.2) is 19.6 Å². The van der Waals surface area contributed by atoms with Crippen LogP contribution in [-0.4, -0.2) is 56.8 Å². The van der Waals surface area contributed by atoms with Crippen molar-refractivity contribution in [1.82, 2.24) is 14.9 Å². The second kappa shape index (κ2) is 6.39. The van der Waals surface area contributed by atoms with Crippen LogP contribution in [0.1, 0.15) is 43.4 Å². The van der Waals surface area contributed by atoms with E-state index in [1.807, 2.05) is 20.8 Å². The number of nitrogens with zero attached hydrogens (tertiary/aromatic N) is 3. The SMILES string of the molecule is Cc1ncc(C(=O)O)c(N[C@H]2CCN(C(=O)OC(C)(C)C)C2)n1. The van der Waals surface area contributed by atoms with Crippen molar-refractivity contribution in [1.29, 1.82) is 0 Å². The molecule has 1 atom stereocenters. The molecule has 1 amide bonds. The molecule has 0 aliphatic carbocycles.